The predicted octanol–water partition coefficient (Wildman–Crippen LogP) is 2.45. The number of aromatic hydroxyl groups is 1. The van der Waals surface area contributed by atoms with E-state index in [1.54, 1.807) is 12.1 Å². The molecule has 3 rings (SSSR count). The van der Waals surface area contributed by atoms with E-state index in [0.717, 1.165) is 19.6 Å². The van der Waals surface area contributed by atoms with Crippen molar-refractivity contribution in [2.75, 3.05) is 19.6 Å². The van der Waals surface area contributed by atoms with E-state index in [9.17, 15) is 15.0 Å². The van der Waals surface area contributed by atoms with Crippen LogP contribution in [0.3, 0.4) is 0 Å². The van der Waals surface area contributed by atoms with E-state index in [0.29, 0.717) is 11.1 Å². The zero-order chi connectivity index (χ0) is 17.6. The Kier molecular flexibility index (Phi) is 5.68. The first-order chi connectivity index (χ1) is 12.1. The highest BCUT2D eigenvalue weighted by molar-refractivity contribution is 5.94. The van der Waals surface area contributed by atoms with E-state index >= 15 is 0 Å². The molecule has 0 spiro atoms. The van der Waals surface area contributed by atoms with E-state index in [-0.39, 0.29) is 18.2 Å². The summed E-state index contributed by atoms with van der Waals surface area (Å²) in [6.45, 7) is 3.36. The van der Waals surface area contributed by atoms with Gasteiger partial charge in [0, 0.05) is 18.7 Å². The van der Waals surface area contributed by atoms with Crippen LogP contribution in [0.15, 0.2) is 48.5 Å². The fourth-order valence-electron chi connectivity index (χ4n) is 3.07. The Bertz CT molecular complexity index is 692. The number of benzene rings is 2. The maximum Gasteiger partial charge on any atom is 0.251 e. The zero-order valence-corrected chi connectivity index (χ0v) is 14.2. The molecular formula is C20H24N2O3. The molecule has 0 saturated carbocycles. The minimum Gasteiger partial charge on any atom is -0.508 e. The number of likely N-dealkylation sites (tertiary alicyclic amines) is 1. The van der Waals surface area contributed by atoms with Crippen LogP contribution in [0.25, 0.3) is 0 Å². The highest BCUT2D eigenvalue weighted by Crippen LogP contribution is 2.16. The van der Waals surface area contributed by atoms with Crippen molar-refractivity contribution >= 4 is 5.91 Å². The number of amides is 1. The van der Waals surface area contributed by atoms with Crippen LogP contribution in [0.4, 0.5) is 0 Å². The second-order valence-corrected chi connectivity index (χ2v) is 6.50. The summed E-state index contributed by atoms with van der Waals surface area (Å²) in [4.78, 5) is 14.6. The summed E-state index contributed by atoms with van der Waals surface area (Å²) in [7, 11) is 0. The topological polar surface area (TPSA) is 72.8 Å². The van der Waals surface area contributed by atoms with Gasteiger partial charge in [-0.3, -0.25) is 9.69 Å². The Morgan fingerprint density at radius 1 is 1.04 bits per heavy atom. The third-order valence-electron chi connectivity index (χ3n) is 4.55. The van der Waals surface area contributed by atoms with Crippen molar-refractivity contribution < 1.29 is 15.0 Å². The summed E-state index contributed by atoms with van der Waals surface area (Å²) in [6, 6.07) is 13.9. The van der Waals surface area contributed by atoms with E-state index < -0.39 is 6.10 Å². The van der Waals surface area contributed by atoms with Crippen LogP contribution >= 0.6 is 0 Å². The monoisotopic (exact) mass is 340 g/mol. The summed E-state index contributed by atoms with van der Waals surface area (Å²) in [5.74, 6) is -0.0560. The van der Waals surface area contributed by atoms with Gasteiger partial charge in [0.05, 0.1) is 6.10 Å². The number of carbonyl (C=O) groups excluding carboxylic acids is 1. The average Bonchev–Trinajstić information content (AvgIpc) is 3.13. The number of nitrogens with one attached hydrogen (secondary N) is 1. The Morgan fingerprint density at radius 3 is 2.32 bits per heavy atom. The fourth-order valence-corrected chi connectivity index (χ4v) is 3.07. The third kappa shape index (κ3) is 4.81. The Labute approximate surface area is 147 Å². The number of aliphatic hydroxyl groups excluding tert-OH is 1. The molecule has 1 heterocycles. The predicted molar refractivity (Wildman–Crippen MR) is 96.4 cm³/mol. The SMILES string of the molecule is O=C(NC[C@@H](O)c1ccc(O)cc1)c1ccc(CN2CCCC2)cc1. The van der Waals surface area contributed by atoms with Crippen molar-refractivity contribution in [2.45, 2.75) is 25.5 Å². The van der Waals surface area contributed by atoms with E-state index in [1.807, 2.05) is 24.3 Å². The quantitative estimate of drug-likeness (QED) is 0.755. The third-order valence-corrected chi connectivity index (χ3v) is 4.55. The number of phenolic OH excluding ortho intramolecular Hbond substituents is 1. The molecule has 0 aromatic heterocycles. The minimum absolute atomic E-state index is 0.124. The minimum atomic E-state index is -0.806. The van der Waals surface area contributed by atoms with Crippen LogP contribution in [0.5, 0.6) is 5.75 Å². The molecule has 1 aliphatic heterocycles. The van der Waals surface area contributed by atoms with Gasteiger partial charge in [0.25, 0.3) is 5.91 Å². The number of phenols is 1. The first kappa shape index (κ1) is 17.5. The highest BCUT2D eigenvalue weighted by Gasteiger charge is 2.13. The summed E-state index contributed by atoms with van der Waals surface area (Å²) in [5, 5.41) is 22.1. The second-order valence-electron chi connectivity index (χ2n) is 6.50. The lowest BCUT2D eigenvalue weighted by Gasteiger charge is -2.15. The molecule has 132 valence electrons. The lowest BCUT2D eigenvalue weighted by molar-refractivity contribution is 0.0916. The first-order valence-corrected chi connectivity index (χ1v) is 8.68. The van der Waals surface area contributed by atoms with Gasteiger partial charge in [0.2, 0.25) is 0 Å². The summed E-state index contributed by atoms with van der Waals surface area (Å²) in [6.07, 6.45) is 1.73. The molecule has 5 heteroatoms. The normalized spacial score (nSPS) is 15.9. The van der Waals surface area contributed by atoms with Crippen LogP contribution in [0.1, 0.15) is 40.4 Å². The number of carbonyl (C=O) groups is 1. The van der Waals surface area contributed by atoms with Gasteiger partial charge >= 0.3 is 0 Å². The molecule has 1 aliphatic rings. The van der Waals surface area contributed by atoms with Crippen LogP contribution in [0.2, 0.25) is 0 Å². The van der Waals surface area contributed by atoms with Gasteiger partial charge in [0.1, 0.15) is 5.75 Å². The summed E-state index contributed by atoms with van der Waals surface area (Å²) >= 11 is 0. The van der Waals surface area contributed by atoms with Crippen molar-refractivity contribution in [3.63, 3.8) is 0 Å². The number of aliphatic hydroxyl groups is 1. The summed E-state index contributed by atoms with van der Waals surface area (Å²) in [5.41, 5.74) is 2.45. The lowest BCUT2D eigenvalue weighted by atomic mass is 10.1. The van der Waals surface area contributed by atoms with E-state index in [1.165, 1.54) is 30.5 Å². The Balaban J connectivity index is 1.51. The van der Waals surface area contributed by atoms with Gasteiger partial charge in [0.15, 0.2) is 0 Å². The average molecular weight is 340 g/mol. The van der Waals surface area contributed by atoms with Crippen molar-refractivity contribution in [2.24, 2.45) is 0 Å². The maximum absolute atomic E-state index is 12.2. The van der Waals surface area contributed by atoms with Gasteiger partial charge < -0.3 is 15.5 Å². The molecule has 5 nitrogen and oxygen atoms in total. The highest BCUT2D eigenvalue weighted by atomic mass is 16.3. The lowest BCUT2D eigenvalue weighted by Crippen LogP contribution is -2.28. The van der Waals surface area contributed by atoms with Crippen molar-refractivity contribution in [1.82, 2.24) is 10.2 Å². The van der Waals surface area contributed by atoms with Gasteiger partial charge in [-0.15, -0.1) is 0 Å². The zero-order valence-electron chi connectivity index (χ0n) is 14.2. The molecular weight excluding hydrogens is 316 g/mol. The molecule has 3 N–H and O–H groups in total. The second kappa shape index (κ2) is 8.14. The van der Waals surface area contributed by atoms with Gasteiger partial charge in [-0.25, -0.2) is 0 Å². The maximum atomic E-state index is 12.2. The van der Waals surface area contributed by atoms with Crippen LogP contribution in [0, 0.1) is 0 Å². The smallest absolute Gasteiger partial charge is 0.251 e. The van der Waals surface area contributed by atoms with Gasteiger partial charge in [-0.2, -0.15) is 0 Å². The number of rotatable bonds is 6. The van der Waals surface area contributed by atoms with E-state index in [2.05, 4.69) is 10.2 Å². The van der Waals surface area contributed by atoms with Crippen LogP contribution in [-0.4, -0.2) is 40.7 Å². The molecule has 2 aromatic carbocycles. The van der Waals surface area contributed by atoms with Crippen LogP contribution < -0.4 is 5.32 Å². The molecule has 25 heavy (non-hydrogen) atoms. The largest absolute Gasteiger partial charge is 0.508 e. The molecule has 0 bridgehead atoms. The number of hydrogen-bond donors (Lipinski definition) is 3. The molecule has 2 aromatic rings. The molecule has 1 fully saturated rings. The van der Waals surface area contributed by atoms with Gasteiger partial charge in [-0.05, 0) is 61.3 Å². The summed E-state index contributed by atoms with van der Waals surface area (Å²) < 4.78 is 0. The Hall–Kier alpha value is -2.37. The Morgan fingerprint density at radius 2 is 1.68 bits per heavy atom. The molecule has 0 aliphatic carbocycles. The van der Waals surface area contributed by atoms with E-state index in [4.69, 9.17) is 0 Å². The van der Waals surface area contributed by atoms with Gasteiger partial charge in [-0.1, -0.05) is 24.3 Å². The molecule has 1 saturated heterocycles. The molecule has 1 amide bonds. The molecule has 0 unspecified atom stereocenters. The van der Waals surface area contributed by atoms with Crippen molar-refractivity contribution in [3.05, 3.63) is 65.2 Å². The molecule has 0 radical (unpaired) electrons. The fraction of sp³-hybridized carbons (Fsp3) is 0.350. The number of nitrogens with zero attached hydrogens (tertiary/aromatic N) is 1. The van der Waals surface area contributed by atoms with Crippen LogP contribution in [-0.2, 0) is 6.54 Å². The molecule has 1 atom stereocenters. The van der Waals surface area contributed by atoms with Crippen molar-refractivity contribution in [1.29, 1.82) is 0 Å². The first-order valence-electron chi connectivity index (χ1n) is 8.68. The number of hydrogen-bond acceptors (Lipinski definition) is 4. The van der Waals surface area contributed by atoms with Crippen molar-refractivity contribution in [3.8, 4) is 5.75 Å². The standard InChI is InChI=1S/C20H24N2O3/c23-18-9-7-16(8-10-18)19(24)13-21-20(25)17-5-3-15(4-6-17)14-22-11-1-2-12-22/h3-10,19,23-24H,1-2,11-14H2,(H,21,25)/t19-/m1/s1.